The van der Waals surface area contributed by atoms with Crippen LogP contribution in [0.2, 0.25) is 0 Å². The molecule has 2 heterocycles. The largest absolute Gasteiger partial charge is 0.366 e. The third-order valence-corrected chi connectivity index (χ3v) is 4.79. The third kappa shape index (κ3) is 3.12. The van der Waals surface area contributed by atoms with Crippen LogP contribution in [0.1, 0.15) is 52.8 Å². The van der Waals surface area contributed by atoms with Crippen molar-refractivity contribution >= 4 is 5.91 Å². The Morgan fingerprint density at radius 2 is 2.00 bits per heavy atom. The first-order chi connectivity index (χ1) is 11.2. The fourth-order valence-corrected chi connectivity index (χ4v) is 3.24. The van der Waals surface area contributed by atoms with E-state index in [9.17, 15) is 4.79 Å². The predicted molar refractivity (Wildman–Crippen MR) is 85.9 cm³/mol. The summed E-state index contributed by atoms with van der Waals surface area (Å²) < 4.78 is 2.05. The van der Waals surface area contributed by atoms with Crippen LogP contribution in [0.25, 0.3) is 0 Å². The van der Waals surface area contributed by atoms with Crippen molar-refractivity contribution in [1.29, 1.82) is 0 Å². The summed E-state index contributed by atoms with van der Waals surface area (Å²) in [5.41, 5.74) is 8.19. The second-order valence-electron chi connectivity index (χ2n) is 6.64. The number of carbonyl (C=O) groups is 1. The van der Waals surface area contributed by atoms with Gasteiger partial charge >= 0.3 is 0 Å². The minimum Gasteiger partial charge on any atom is -0.366 e. The molecule has 4 rings (SSSR count). The Balaban J connectivity index is 1.36. The quantitative estimate of drug-likeness (QED) is 0.912. The van der Waals surface area contributed by atoms with Gasteiger partial charge in [0, 0.05) is 37.3 Å². The molecule has 2 aromatic rings. The minimum absolute atomic E-state index is 0.379. The van der Waals surface area contributed by atoms with Crippen molar-refractivity contribution < 1.29 is 4.79 Å². The first-order valence-corrected chi connectivity index (χ1v) is 8.22. The lowest BCUT2D eigenvalue weighted by molar-refractivity contribution is 0.100. The van der Waals surface area contributed by atoms with Gasteiger partial charge in [0.2, 0.25) is 5.91 Å². The van der Waals surface area contributed by atoms with Crippen LogP contribution in [0.15, 0.2) is 30.5 Å². The van der Waals surface area contributed by atoms with Gasteiger partial charge in [-0.1, -0.05) is 17.3 Å². The zero-order chi connectivity index (χ0) is 15.8. The van der Waals surface area contributed by atoms with Crippen LogP contribution >= 0.6 is 0 Å². The van der Waals surface area contributed by atoms with Crippen LogP contribution in [0, 0.1) is 0 Å². The number of carbonyl (C=O) groups excluding carboxylic acids is 1. The highest BCUT2D eigenvalue weighted by Crippen LogP contribution is 2.39. The summed E-state index contributed by atoms with van der Waals surface area (Å²) in [5, 5.41) is 8.63. The van der Waals surface area contributed by atoms with Crippen LogP contribution in [0.5, 0.6) is 0 Å². The van der Waals surface area contributed by atoms with Gasteiger partial charge in [-0.25, -0.2) is 4.68 Å². The molecule has 1 aromatic heterocycles. The highest BCUT2D eigenvalue weighted by molar-refractivity contribution is 5.92. The molecule has 120 valence electrons. The summed E-state index contributed by atoms with van der Waals surface area (Å²) in [4.78, 5) is 13.5. The van der Waals surface area contributed by atoms with E-state index >= 15 is 0 Å². The first kappa shape index (κ1) is 14.4. The van der Waals surface area contributed by atoms with Gasteiger partial charge in [-0.2, -0.15) is 0 Å². The molecule has 2 fully saturated rings. The zero-order valence-electron chi connectivity index (χ0n) is 13.1. The Morgan fingerprint density at radius 3 is 2.70 bits per heavy atom. The minimum atomic E-state index is -0.379. The van der Waals surface area contributed by atoms with Gasteiger partial charge in [0.1, 0.15) is 0 Å². The number of likely N-dealkylation sites (tertiary alicyclic amines) is 1. The van der Waals surface area contributed by atoms with E-state index in [4.69, 9.17) is 5.73 Å². The standard InChI is InChI=1S/C17H21N5O/c18-17(23)14-3-1-12(2-4-14)9-21-8-7-15(10-21)22-11-16(19-20-22)13-5-6-13/h1-4,11,13,15H,5-10H2,(H2,18,23). The lowest BCUT2D eigenvalue weighted by Crippen LogP contribution is -2.21. The summed E-state index contributed by atoms with van der Waals surface area (Å²) in [5.74, 6) is 0.278. The number of nitrogens with two attached hydrogens (primary N) is 1. The predicted octanol–water partition coefficient (Wildman–Crippen LogP) is 1.70. The van der Waals surface area contributed by atoms with Gasteiger partial charge in [0.15, 0.2) is 0 Å². The van der Waals surface area contributed by atoms with Crippen molar-refractivity contribution in [3.8, 4) is 0 Å². The molecule has 1 amide bonds. The summed E-state index contributed by atoms with van der Waals surface area (Å²) >= 11 is 0. The number of nitrogens with zero attached hydrogens (tertiary/aromatic N) is 4. The van der Waals surface area contributed by atoms with E-state index in [0.717, 1.165) is 31.7 Å². The van der Waals surface area contributed by atoms with Crippen molar-refractivity contribution in [3.05, 3.63) is 47.3 Å². The number of benzene rings is 1. The molecule has 1 aliphatic carbocycles. The molecule has 0 bridgehead atoms. The van der Waals surface area contributed by atoms with Crippen LogP contribution in [-0.4, -0.2) is 38.9 Å². The van der Waals surface area contributed by atoms with Crippen molar-refractivity contribution in [2.45, 2.75) is 37.8 Å². The molecule has 1 aliphatic heterocycles. The normalized spacial score (nSPS) is 21.7. The average molecular weight is 311 g/mol. The van der Waals surface area contributed by atoms with Crippen LogP contribution < -0.4 is 5.73 Å². The monoisotopic (exact) mass is 311 g/mol. The second kappa shape index (κ2) is 5.77. The third-order valence-electron chi connectivity index (χ3n) is 4.79. The summed E-state index contributed by atoms with van der Waals surface area (Å²) in [6, 6.07) is 7.97. The highest BCUT2D eigenvalue weighted by Gasteiger charge is 2.29. The molecule has 1 saturated heterocycles. The molecule has 2 aliphatic rings. The first-order valence-electron chi connectivity index (χ1n) is 8.22. The van der Waals surface area contributed by atoms with Crippen LogP contribution in [0.4, 0.5) is 0 Å². The lowest BCUT2D eigenvalue weighted by atomic mass is 10.1. The maximum absolute atomic E-state index is 11.1. The number of hydrogen-bond donors (Lipinski definition) is 1. The van der Waals surface area contributed by atoms with Gasteiger partial charge in [-0.15, -0.1) is 5.10 Å². The van der Waals surface area contributed by atoms with Crippen LogP contribution in [-0.2, 0) is 6.54 Å². The number of hydrogen-bond acceptors (Lipinski definition) is 4. The van der Waals surface area contributed by atoms with E-state index in [1.807, 2.05) is 16.8 Å². The molecule has 1 aromatic carbocycles. The Morgan fingerprint density at radius 1 is 1.22 bits per heavy atom. The van der Waals surface area contributed by atoms with Crippen molar-refractivity contribution in [2.75, 3.05) is 13.1 Å². The van der Waals surface area contributed by atoms with Crippen molar-refractivity contribution in [3.63, 3.8) is 0 Å². The Bertz CT molecular complexity index is 704. The van der Waals surface area contributed by atoms with Gasteiger partial charge in [0.05, 0.1) is 11.7 Å². The maximum Gasteiger partial charge on any atom is 0.248 e. The molecule has 6 nitrogen and oxygen atoms in total. The summed E-state index contributed by atoms with van der Waals surface area (Å²) in [6.45, 7) is 2.94. The Kier molecular flexibility index (Phi) is 3.61. The van der Waals surface area contributed by atoms with Crippen LogP contribution in [0.3, 0.4) is 0 Å². The van der Waals surface area contributed by atoms with Gasteiger partial charge in [-0.05, 0) is 37.0 Å². The Labute approximate surface area is 135 Å². The van der Waals surface area contributed by atoms with Gasteiger partial charge in [-0.3, -0.25) is 9.69 Å². The van der Waals surface area contributed by atoms with Gasteiger partial charge in [0.25, 0.3) is 0 Å². The van der Waals surface area contributed by atoms with E-state index in [0.29, 0.717) is 17.5 Å². The summed E-state index contributed by atoms with van der Waals surface area (Å²) in [7, 11) is 0. The van der Waals surface area contributed by atoms with E-state index in [1.54, 1.807) is 12.1 Å². The fraction of sp³-hybridized carbons (Fsp3) is 0.471. The molecular weight excluding hydrogens is 290 g/mol. The van der Waals surface area contributed by atoms with E-state index < -0.39 is 0 Å². The van der Waals surface area contributed by atoms with E-state index in [2.05, 4.69) is 21.4 Å². The van der Waals surface area contributed by atoms with Crippen molar-refractivity contribution in [2.24, 2.45) is 5.73 Å². The van der Waals surface area contributed by atoms with E-state index in [1.165, 1.54) is 18.4 Å². The molecule has 1 atom stereocenters. The van der Waals surface area contributed by atoms with Crippen molar-refractivity contribution in [1.82, 2.24) is 19.9 Å². The topological polar surface area (TPSA) is 77.0 Å². The fourth-order valence-electron chi connectivity index (χ4n) is 3.24. The lowest BCUT2D eigenvalue weighted by Gasteiger charge is -2.16. The second-order valence-corrected chi connectivity index (χ2v) is 6.64. The zero-order valence-corrected chi connectivity index (χ0v) is 13.1. The summed E-state index contributed by atoms with van der Waals surface area (Å²) in [6.07, 6.45) is 5.76. The maximum atomic E-state index is 11.1. The van der Waals surface area contributed by atoms with E-state index in [-0.39, 0.29) is 5.91 Å². The smallest absolute Gasteiger partial charge is 0.248 e. The molecule has 0 radical (unpaired) electrons. The molecule has 23 heavy (non-hydrogen) atoms. The number of rotatable bonds is 5. The number of primary amides is 1. The number of amides is 1. The highest BCUT2D eigenvalue weighted by atomic mass is 16.1. The molecule has 2 N–H and O–H groups in total. The molecule has 0 spiro atoms. The Hall–Kier alpha value is -2.21. The van der Waals surface area contributed by atoms with Gasteiger partial charge < -0.3 is 5.73 Å². The number of aromatic nitrogens is 3. The average Bonchev–Trinajstić information content (AvgIpc) is 3.09. The molecular formula is C17H21N5O. The molecule has 6 heteroatoms. The SMILES string of the molecule is NC(=O)c1ccc(CN2CCC(n3cc(C4CC4)nn3)C2)cc1. The molecule has 1 unspecified atom stereocenters. The molecule has 1 saturated carbocycles.